The number of hydrogen-bond donors (Lipinski definition) is 0. The average molecular weight is 212 g/mol. The van der Waals surface area contributed by atoms with Gasteiger partial charge >= 0.3 is 0 Å². The molecular formula is C11H20N2O2. The summed E-state index contributed by atoms with van der Waals surface area (Å²) in [5, 5.41) is 4.35. The minimum Gasteiger partial charge on any atom is -0.383 e. The molecule has 1 aromatic heterocycles. The molecular weight excluding hydrogens is 192 g/mol. The molecule has 0 aliphatic rings. The highest BCUT2D eigenvalue weighted by atomic mass is 16.5. The van der Waals surface area contributed by atoms with Gasteiger partial charge < -0.3 is 9.47 Å². The molecule has 0 saturated carbocycles. The van der Waals surface area contributed by atoms with E-state index < -0.39 is 0 Å². The molecule has 0 aliphatic carbocycles. The summed E-state index contributed by atoms with van der Waals surface area (Å²) in [6.45, 7) is 6.39. The first-order valence-electron chi connectivity index (χ1n) is 5.23. The third kappa shape index (κ3) is 3.04. The van der Waals surface area contributed by atoms with E-state index in [0.717, 1.165) is 12.2 Å². The van der Waals surface area contributed by atoms with Gasteiger partial charge in [-0.3, -0.25) is 4.68 Å². The van der Waals surface area contributed by atoms with Crippen LogP contribution in [0.2, 0.25) is 0 Å². The standard InChI is InChI=1S/C11H20N2O2/c1-9(2)10-7-12-13(5-6-14-3)11(10)8-15-4/h7,9H,5-6,8H2,1-4H3. The summed E-state index contributed by atoms with van der Waals surface area (Å²) in [5.74, 6) is 0.478. The molecule has 0 aromatic carbocycles. The second-order valence-electron chi connectivity index (χ2n) is 3.85. The van der Waals surface area contributed by atoms with E-state index in [-0.39, 0.29) is 0 Å². The molecule has 0 N–H and O–H groups in total. The van der Waals surface area contributed by atoms with E-state index in [1.807, 2.05) is 10.9 Å². The van der Waals surface area contributed by atoms with E-state index in [4.69, 9.17) is 9.47 Å². The van der Waals surface area contributed by atoms with Crippen molar-refractivity contribution < 1.29 is 9.47 Å². The van der Waals surface area contributed by atoms with Crippen LogP contribution >= 0.6 is 0 Å². The molecule has 0 amide bonds. The van der Waals surface area contributed by atoms with Gasteiger partial charge in [0.25, 0.3) is 0 Å². The highest BCUT2D eigenvalue weighted by molar-refractivity contribution is 5.20. The summed E-state index contributed by atoms with van der Waals surface area (Å²) in [4.78, 5) is 0. The maximum absolute atomic E-state index is 5.20. The van der Waals surface area contributed by atoms with Crippen LogP contribution in [-0.4, -0.2) is 30.6 Å². The lowest BCUT2D eigenvalue weighted by Gasteiger charge is -2.10. The Morgan fingerprint density at radius 3 is 2.60 bits per heavy atom. The SMILES string of the molecule is COCCn1ncc(C(C)C)c1COC. The van der Waals surface area contributed by atoms with E-state index in [1.165, 1.54) is 5.56 Å². The molecule has 0 bridgehead atoms. The molecule has 4 nitrogen and oxygen atoms in total. The fourth-order valence-electron chi connectivity index (χ4n) is 1.57. The summed E-state index contributed by atoms with van der Waals surface area (Å²) in [6.07, 6.45) is 1.93. The molecule has 0 aliphatic heterocycles. The number of aromatic nitrogens is 2. The van der Waals surface area contributed by atoms with Crippen molar-refractivity contribution in [3.05, 3.63) is 17.5 Å². The predicted molar refractivity (Wildman–Crippen MR) is 58.9 cm³/mol. The number of nitrogens with zero attached hydrogens (tertiary/aromatic N) is 2. The molecule has 0 radical (unpaired) electrons. The van der Waals surface area contributed by atoms with Crippen molar-refractivity contribution in [3.63, 3.8) is 0 Å². The van der Waals surface area contributed by atoms with Crippen LogP contribution in [0.3, 0.4) is 0 Å². The van der Waals surface area contributed by atoms with Crippen molar-refractivity contribution in [2.75, 3.05) is 20.8 Å². The van der Waals surface area contributed by atoms with E-state index in [2.05, 4.69) is 18.9 Å². The maximum atomic E-state index is 5.20. The summed E-state index contributed by atoms with van der Waals surface area (Å²) in [7, 11) is 3.40. The topological polar surface area (TPSA) is 36.3 Å². The normalized spacial score (nSPS) is 11.3. The second kappa shape index (κ2) is 5.88. The quantitative estimate of drug-likeness (QED) is 0.721. The zero-order valence-electron chi connectivity index (χ0n) is 9.99. The van der Waals surface area contributed by atoms with Gasteiger partial charge in [0.1, 0.15) is 0 Å². The van der Waals surface area contributed by atoms with Crippen LogP contribution in [0, 0.1) is 0 Å². The minimum absolute atomic E-state index is 0.478. The van der Waals surface area contributed by atoms with Crippen LogP contribution in [0.4, 0.5) is 0 Å². The molecule has 4 heteroatoms. The fraction of sp³-hybridized carbons (Fsp3) is 0.727. The van der Waals surface area contributed by atoms with Gasteiger partial charge in [0.05, 0.1) is 31.6 Å². The Hall–Kier alpha value is -0.870. The number of methoxy groups -OCH3 is 2. The first kappa shape index (κ1) is 12.2. The summed E-state index contributed by atoms with van der Waals surface area (Å²) in [6, 6.07) is 0. The predicted octanol–water partition coefficient (Wildman–Crippen LogP) is 1.80. The second-order valence-corrected chi connectivity index (χ2v) is 3.85. The van der Waals surface area contributed by atoms with Gasteiger partial charge in [0.2, 0.25) is 0 Å². The Morgan fingerprint density at radius 2 is 2.07 bits per heavy atom. The molecule has 0 spiro atoms. The van der Waals surface area contributed by atoms with Crippen LogP contribution < -0.4 is 0 Å². The Morgan fingerprint density at radius 1 is 1.33 bits per heavy atom. The Kier molecular flexibility index (Phi) is 4.78. The van der Waals surface area contributed by atoms with Crippen molar-refractivity contribution in [1.29, 1.82) is 0 Å². The molecule has 1 heterocycles. The Balaban J connectivity index is 2.85. The highest BCUT2D eigenvalue weighted by Crippen LogP contribution is 2.19. The van der Waals surface area contributed by atoms with E-state index in [0.29, 0.717) is 19.1 Å². The average Bonchev–Trinajstić information content (AvgIpc) is 2.59. The molecule has 0 saturated heterocycles. The van der Waals surface area contributed by atoms with E-state index in [1.54, 1.807) is 14.2 Å². The lowest BCUT2D eigenvalue weighted by Crippen LogP contribution is -2.11. The molecule has 0 unspecified atom stereocenters. The fourth-order valence-corrected chi connectivity index (χ4v) is 1.57. The van der Waals surface area contributed by atoms with Crippen LogP contribution in [-0.2, 0) is 22.6 Å². The minimum atomic E-state index is 0.478. The first-order valence-corrected chi connectivity index (χ1v) is 5.23. The van der Waals surface area contributed by atoms with Gasteiger partial charge in [-0.1, -0.05) is 13.8 Å². The van der Waals surface area contributed by atoms with Crippen LogP contribution in [0.5, 0.6) is 0 Å². The smallest absolute Gasteiger partial charge is 0.0883 e. The highest BCUT2D eigenvalue weighted by Gasteiger charge is 2.12. The lowest BCUT2D eigenvalue weighted by molar-refractivity contribution is 0.161. The van der Waals surface area contributed by atoms with E-state index in [9.17, 15) is 0 Å². The third-order valence-electron chi connectivity index (χ3n) is 2.39. The molecule has 86 valence electrons. The zero-order chi connectivity index (χ0) is 11.3. The number of ether oxygens (including phenoxy) is 2. The van der Waals surface area contributed by atoms with E-state index >= 15 is 0 Å². The van der Waals surface area contributed by atoms with Gasteiger partial charge in [-0.2, -0.15) is 5.10 Å². The molecule has 0 fully saturated rings. The lowest BCUT2D eigenvalue weighted by atomic mass is 10.0. The van der Waals surface area contributed by atoms with Crippen molar-refractivity contribution in [2.45, 2.75) is 32.9 Å². The van der Waals surface area contributed by atoms with Crippen LogP contribution in [0.1, 0.15) is 31.0 Å². The molecule has 1 rings (SSSR count). The van der Waals surface area contributed by atoms with Gasteiger partial charge in [-0.15, -0.1) is 0 Å². The zero-order valence-corrected chi connectivity index (χ0v) is 9.99. The molecule has 15 heavy (non-hydrogen) atoms. The Bertz CT molecular complexity index is 295. The Labute approximate surface area is 91.2 Å². The van der Waals surface area contributed by atoms with Crippen molar-refractivity contribution in [1.82, 2.24) is 9.78 Å². The van der Waals surface area contributed by atoms with Crippen molar-refractivity contribution in [3.8, 4) is 0 Å². The van der Waals surface area contributed by atoms with Crippen molar-refractivity contribution >= 4 is 0 Å². The summed E-state index contributed by atoms with van der Waals surface area (Å²) < 4.78 is 12.2. The molecule has 1 aromatic rings. The van der Waals surface area contributed by atoms with Gasteiger partial charge in [-0.25, -0.2) is 0 Å². The monoisotopic (exact) mass is 212 g/mol. The van der Waals surface area contributed by atoms with Crippen molar-refractivity contribution in [2.24, 2.45) is 0 Å². The summed E-state index contributed by atoms with van der Waals surface area (Å²) in [5.41, 5.74) is 2.41. The van der Waals surface area contributed by atoms with Crippen LogP contribution in [0.15, 0.2) is 6.20 Å². The first-order chi connectivity index (χ1) is 7.20. The van der Waals surface area contributed by atoms with Crippen LogP contribution in [0.25, 0.3) is 0 Å². The third-order valence-corrected chi connectivity index (χ3v) is 2.39. The summed E-state index contributed by atoms with van der Waals surface area (Å²) >= 11 is 0. The molecule has 0 atom stereocenters. The van der Waals surface area contributed by atoms with Gasteiger partial charge in [-0.05, 0) is 11.5 Å². The van der Waals surface area contributed by atoms with Gasteiger partial charge in [0, 0.05) is 14.2 Å². The maximum Gasteiger partial charge on any atom is 0.0883 e. The number of hydrogen-bond acceptors (Lipinski definition) is 3. The largest absolute Gasteiger partial charge is 0.383 e. The van der Waals surface area contributed by atoms with Gasteiger partial charge in [0.15, 0.2) is 0 Å². The number of rotatable bonds is 6.